The SMILES string of the molecule is N#C[C@@H]1CSCN1C(=O)CNCCOc1ccc(CC2SC(=O)NC2=O)cc1. The Bertz CT molecular complexity index is 781. The van der Waals surface area contributed by atoms with Gasteiger partial charge in [-0.15, -0.1) is 11.8 Å². The molecule has 0 aliphatic carbocycles. The van der Waals surface area contributed by atoms with Crippen LogP contribution in [0.3, 0.4) is 0 Å². The Morgan fingerprint density at radius 3 is 2.82 bits per heavy atom. The van der Waals surface area contributed by atoms with Gasteiger partial charge in [-0.3, -0.25) is 19.7 Å². The third-order valence-corrected chi connectivity index (χ3v) is 6.28. The van der Waals surface area contributed by atoms with Crippen molar-refractivity contribution in [2.24, 2.45) is 0 Å². The zero-order valence-electron chi connectivity index (χ0n) is 15.1. The molecule has 0 aromatic heterocycles. The molecule has 1 aromatic rings. The number of imide groups is 1. The van der Waals surface area contributed by atoms with Crippen molar-refractivity contribution in [2.45, 2.75) is 17.7 Å². The molecule has 2 aliphatic heterocycles. The third kappa shape index (κ3) is 5.41. The second kappa shape index (κ2) is 9.82. The number of benzene rings is 1. The number of nitrogens with one attached hydrogen (secondary N) is 2. The van der Waals surface area contributed by atoms with E-state index in [0.29, 0.717) is 37.0 Å². The summed E-state index contributed by atoms with van der Waals surface area (Å²) in [5.74, 6) is 1.60. The Balaban J connectivity index is 1.34. The van der Waals surface area contributed by atoms with Crippen LogP contribution in [-0.4, -0.2) is 64.6 Å². The Morgan fingerprint density at radius 2 is 2.14 bits per heavy atom. The van der Waals surface area contributed by atoms with E-state index in [1.54, 1.807) is 16.7 Å². The largest absolute Gasteiger partial charge is 0.492 e. The van der Waals surface area contributed by atoms with E-state index in [4.69, 9.17) is 10.00 Å². The molecule has 148 valence electrons. The summed E-state index contributed by atoms with van der Waals surface area (Å²) in [5, 5.41) is 13.6. The summed E-state index contributed by atoms with van der Waals surface area (Å²) in [5.41, 5.74) is 0.953. The van der Waals surface area contributed by atoms with Crippen LogP contribution in [0.2, 0.25) is 0 Å². The van der Waals surface area contributed by atoms with Crippen LogP contribution < -0.4 is 15.4 Å². The highest BCUT2D eigenvalue weighted by atomic mass is 32.2. The van der Waals surface area contributed by atoms with Crippen LogP contribution in [0.15, 0.2) is 24.3 Å². The van der Waals surface area contributed by atoms with E-state index in [-0.39, 0.29) is 34.9 Å². The van der Waals surface area contributed by atoms with Gasteiger partial charge in [0.1, 0.15) is 18.4 Å². The fourth-order valence-electron chi connectivity index (χ4n) is 2.80. The molecule has 1 unspecified atom stereocenters. The lowest BCUT2D eigenvalue weighted by Gasteiger charge is -2.18. The fraction of sp³-hybridized carbons (Fsp3) is 0.444. The average Bonchev–Trinajstić information content (AvgIpc) is 3.28. The van der Waals surface area contributed by atoms with Gasteiger partial charge in [0.2, 0.25) is 11.8 Å². The van der Waals surface area contributed by atoms with E-state index >= 15 is 0 Å². The first-order valence-electron chi connectivity index (χ1n) is 8.77. The van der Waals surface area contributed by atoms with Gasteiger partial charge in [-0.1, -0.05) is 23.9 Å². The van der Waals surface area contributed by atoms with E-state index in [1.165, 1.54) is 0 Å². The number of amides is 3. The number of hydrogen-bond acceptors (Lipinski definition) is 8. The zero-order valence-corrected chi connectivity index (χ0v) is 16.7. The van der Waals surface area contributed by atoms with Crippen LogP contribution >= 0.6 is 23.5 Å². The number of carbonyl (C=O) groups excluding carboxylic acids is 3. The minimum atomic E-state index is -0.379. The van der Waals surface area contributed by atoms with Gasteiger partial charge in [-0.2, -0.15) is 5.26 Å². The maximum atomic E-state index is 12.1. The second-order valence-electron chi connectivity index (χ2n) is 6.26. The Hall–Kier alpha value is -2.22. The number of carbonyl (C=O) groups is 3. The van der Waals surface area contributed by atoms with Crippen LogP contribution in [0.1, 0.15) is 5.56 Å². The number of nitriles is 1. The van der Waals surface area contributed by atoms with Gasteiger partial charge >= 0.3 is 0 Å². The number of hydrogen-bond donors (Lipinski definition) is 2. The molecule has 2 heterocycles. The lowest BCUT2D eigenvalue weighted by Crippen LogP contribution is -2.41. The van der Waals surface area contributed by atoms with E-state index in [1.807, 2.05) is 24.3 Å². The topological polar surface area (TPSA) is 112 Å². The molecule has 2 atom stereocenters. The van der Waals surface area contributed by atoms with Gasteiger partial charge in [0.05, 0.1) is 23.7 Å². The molecule has 28 heavy (non-hydrogen) atoms. The first-order chi connectivity index (χ1) is 13.6. The highest BCUT2D eigenvalue weighted by Gasteiger charge is 2.31. The smallest absolute Gasteiger partial charge is 0.286 e. The number of nitrogens with zero attached hydrogens (tertiary/aromatic N) is 2. The molecule has 3 amide bonds. The Labute approximate surface area is 171 Å². The molecule has 3 rings (SSSR count). The van der Waals surface area contributed by atoms with Crippen molar-refractivity contribution in [2.75, 3.05) is 31.3 Å². The summed E-state index contributed by atoms with van der Waals surface area (Å²) < 4.78 is 5.64. The molecular formula is C18H20N4O4S2. The molecule has 0 radical (unpaired) electrons. The summed E-state index contributed by atoms with van der Waals surface area (Å²) in [6, 6.07) is 9.19. The molecule has 2 fully saturated rings. The molecule has 1 aromatic carbocycles. The lowest BCUT2D eigenvalue weighted by atomic mass is 10.1. The van der Waals surface area contributed by atoms with Crippen molar-refractivity contribution in [1.29, 1.82) is 5.26 Å². The van der Waals surface area contributed by atoms with Crippen LogP contribution in [0, 0.1) is 11.3 Å². The van der Waals surface area contributed by atoms with E-state index in [9.17, 15) is 14.4 Å². The Morgan fingerprint density at radius 1 is 1.36 bits per heavy atom. The summed E-state index contributed by atoms with van der Waals surface area (Å²) in [6.45, 7) is 1.09. The Kier molecular flexibility index (Phi) is 7.19. The number of ether oxygens (including phenoxy) is 1. The first kappa shape index (κ1) is 20.5. The minimum absolute atomic E-state index is 0.0757. The van der Waals surface area contributed by atoms with Gasteiger partial charge < -0.3 is 15.0 Å². The van der Waals surface area contributed by atoms with Crippen molar-refractivity contribution >= 4 is 40.6 Å². The number of thioether (sulfide) groups is 2. The summed E-state index contributed by atoms with van der Waals surface area (Å²) >= 11 is 2.60. The van der Waals surface area contributed by atoms with Crippen molar-refractivity contribution in [3.05, 3.63) is 29.8 Å². The van der Waals surface area contributed by atoms with Gasteiger partial charge in [0.25, 0.3) is 5.24 Å². The van der Waals surface area contributed by atoms with Crippen molar-refractivity contribution in [1.82, 2.24) is 15.5 Å². The second-order valence-corrected chi connectivity index (χ2v) is 8.44. The molecular weight excluding hydrogens is 400 g/mol. The van der Waals surface area contributed by atoms with Gasteiger partial charge in [0, 0.05) is 12.3 Å². The molecule has 2 aliphatic rings. The zero-order chi connectivity index (χ0) is 19.9. The molecule has 10 heteroatoms. The predicted molar refractivity (Wildman–Crippen MR) is 107 cm³/mol. The van der Waals surface area contributed by atoms with Gasteiger partial charge in [-0.05, 0) is 24.1 Å². The van der Waals surface area contributed by atoms with Crippen molar-refractivity contribution < 1.29 is 19.1 Å². The van der Waals surface area contributed by atoms with Gasteiger partial charge in [0.15, 0.2) is 0 Å². The highest BCUT2D eigenvalue weighted by Crippen LogP contribution is 2.24. The first-order valence-corrected chi connectivity index (χ1v) is 10.8. The standard InChI is InChI=1S/C18H20N4O4S2/c19-8-13-10-27-11-22(13)16(23)9-20-5-6-26-14-3-1-12(2-4-14)7-15-17(24)21-18(25)28-15/h1-4,13,15,20H,5-7,9-11H2,(H,21,24,25)/t13-,15?/m1/s1. The van der Waals surface area contributed by atoms with Crippen LogP contribution in [-0.2, 0) is 16.0 Å². The van der Waals surface area contributed by atoms with Crippen LogP contribution in [0.4, 0.5) is 4.79 Å². The quantitative estimate of drug-likeness (QED) is 0.599. The minimum Gasteiger partial charge on any atom is -0.492 e. The van der Waals surface area contributed by atoms with E-state index in [0.717, 1.165) is 17.3 Å². The molecule has 0 saturated carbocycles. The molecule has 0 bridgehead atoms. The van der Waals surface area contributed by atoms with E-state index < -0.39 is 0 Å². The predicted octanol–water partition coefficient (Wildman–Crippen LogP) is 0.974. The number of rotatable bonds is 8. The maximum absolute atomic E-state index is 12.1. The van der Waals surface area contributed by atoms with E-state index in [2.05, 4.69) is 16.7 Å². The molecule has 2 N–H and O–H groups in total. The maximum Gasteiger partial charge on any atom is 0.286 e. The highest BCUT2D eigenvalue weighted by molar-refractivity contribution is 8.15. The van der Waals surface area contributed by atoms with Crippen molar-refractivity contribution in [3.8, 4) is 11.8 Å². The summed E-state index contributed by atoms with van der Waals surface area (Å²) in [4.78, 5) is 36.5. The molecule has 0 spiro atoms. The fourth-order valence-corrected chi connectivity index (χ4v) is 4.76. The monoisotopic (exact) mass is 420 g/mol. The third-order valence-electron chi connectivity index (χ3n) is 4.29. The normalized spacial score (nSPS) is 21.5. The lowest BCUT2D eigenvalue weighted by molar-refractivity contribution is -0.129. The molecule has 8 nitrogen and oxygen atoms in total. The van der Waals surface area contributed by atoms with Crippen LogP contribution in [0.25, 0.3) is 0 Å². The van der Waals surface area contributed by atoms with Crippen LogP contribution in [0.5, 0.6) is 5.75 Å². The average molecular weight is 421 g/mol. The summed E-state index contributed by atoms with van der Waals surface area (Å²) in [7, 11) is 0. The summed E-state index contributed by atoms with van der Waals surface area (Å²) in [6.07, 6.45) is 0.491. The van der Waals surface area contributed by atoms with Gasteiger partial charge in [-0.25, -0.2) is 0 Å². The molecule has 2 saturated heterocycles. The van der Waals surface area contributed by atoms with Crippen molar-refractivity contribution in [3.63, 3.8) is 0 Å².